The second kappa shape index (κ2) is 9.48. The molecule has 0 saturated carbocycles. The number of hydrogen-bond donors (Lipinski definition) is 3. The van der Waals surface area contributed by atoms with Gasteiger partial charge in [0, 0.05) is 6.54 Å². The Labute approximate surface area is 158 Å². The molecule has 2 rings (SSSR count). The first-order chi connectivity index (χ1) is 12.5. The zero-order valence-electron chi connectivity index (χ0n) is 14.5. The van der Waals surface area contributed by atoms with Gasteiger partial charge in [0.05, 0.1) is 17.7 Å². The summed E-state index contributed by atoms with van der Waals surface area (Å²) in [6.07, 6.45) is 1.83. The van der Waals surface area contributed by atoms with Gasteiger partial charge in [-0.25, -0.2) is 0 Å². The average Bonchev–Trinajstić information content (AvgIpc) is 2.62. The van der Waals surface area contributed by atoms with Crippen LogP contribution in [-0.4, -0.2) is 23.5 Å². The largest absolute Gasteiger partial charge is 0.349 e. The van der Waals surface area contributed by atoms with Gasteiger partial charge in [-0.2, -0.15) is 0 Å². The molecule has 0 unspecified atom stereocenters. The number of para-hydroxylation sites is 1. The molecule has 0 spiro atoms. The van der Waals surface area contributed by atoms with Crippen molar-refractivity contribution in [2.75, 3.05) is 11.9 Å². The van der Waals surface area contributed by atoms with Crippen LogP contribution in [-0.2, 0) is 11.2 Å². The molecule has 0 bridgehead atoms. The van der Waals surface area contributed by atoms with E-state index in [0.29, 0.717) is 17.8 Å². The van der Waals surface area contributed by atoms with Crippen LogP contribution < -0.4 is 16.0 Å². The Morgan fingerprint density at radius 3 is 2.54 bits per heavy atom. The first-order valence-corrected chi connectivity index (χ1v) is 8.55. The lowest BCUT2D eigenvalue weighted by molar-refractivity contribution is -0.119. The van der Waals surface area contributed by atoms with Crippen molar-refractivity contribution in [2.24, 2.45) is 0 Å². The molecule has 0 fully saturated rings. The van der Waals surface area contributed by atoms with Gasteiger partial charge in [0.15, 0.2) is 5.11 Å². The summed E-state index contributed by atoms with van der Waals surface area (Å²) >= 11 is 5.20. The van der Waals surface area contributed by atoms with Crippen LogP contribution in [0.2, 0.25) is 0 Å². The Hall–Kier alpha value is -2.99. The van der Waals surface area contributed by atoms with E-state index in [1.54, 1.807) is 30.3 Å². The van der Waals surface area contributed by atoms with Crippen molar-refractivity contribution in [3.05, 3.63) is 77.9 Å². The van der Waals surface area contributed by atoms with Crippen LogP contribution in [0.3, 0.4) is 0 Å². The van der Waals surface area contributed by atoms with E-state index in [1.807, 2.05) is 31.2 Å². The summed E-state index contributed by atoms with van der Waals surface area (Å²) in [5.74, 6) is -0.465. The number of carbonyl (C=O) groups is 2. The lowest BCUT2D eigenvalue weighted by atomic mass is 10.1. The Kier molecular flexibility index (Phi) is 7.05. The maximum Gasteiger partial charge on any atom is 0.253 e. The maximum absolute atomic E-state index is 12.2. The molecule has 0 aromatic heterocycles. The van der Waals surface area contributed by atoms with E-state index in [9.17, 15) is 9.59 Å². The summed E-state index contributed by atoms with van der Waals surface area (Å²) in [4.78, 5) is 24.4. The van der Waals surface area contributed by atoms with Gasteiger partial charge in [-0.3, -0.25) is 9.59 Å². The second-order valence-corrected chi connectivity index (χ2v) is 6.06. The third kappa shape index (κ3) is 5.53. The molecule has 0 aliphatic heterocycles. The normalized spacial score (nSPS) is 9.88. The van der Waals surface area contributed by atoms with Gasteiger partial charge in [-0.05, 0) is 42.4 Å². The van der Waals surface area contributed by atoms with Crippen LogP contribution in [0.15, 0.2) is 61.2 Å². The smallest absolute Gasteiger partial charge is 0.253 e. The fourth-order valence-electron chi connectivity index (χ4n) is 2.36. The predicted molar refractivity (Wildman–Crippen MR) is 108 cm³/mol. The van der Waals surface area contributed by atoms with Gasteiger partial charge in [0.25, 0.3) is 5.91 Å². The molecule has 6 heteroatoms. The molecule has 2 amide bonds. The van der Waals surface area contributed by atoms with Crippen molar-refractivity contribution in [1.82, 2.24) is 10.6 Å². The van der Waals surface area contributed by atoms with Crippen LogP contribution in [0, 0.1) is 6.92 Å². The second-order valence-electron chi connectivity index (χ2n) is 5.65. The molecule has 2 aromatic rings. The number of aryl methyl sites for hydroxylation is 1. The lowest BCUT2D eigenvalue weighted by Crippen LogP contribution is -2.36. The number of amides is 2. The fraction of sp³-hybridized carbons (Fsp3) is 0.150. The Morgan fingerprint density at radius 2 is 1.81 bits per heavy atom. The number of benzene rings is 2. The van der Waals surface area contributed by atoms with Crippen molar-refractivity contribution >= 4 is 34.8 Å². The molecule has 0 aliphatic rings. The molecule has 0 heterocycles. The van der Waals surface area contributed by atoms with Gasteiger partial charge in [-0.1, -0.05) is 42.5 Å². The molecule has 134 valence electrons. The zero-order valence-corrected chi connectivity index (χ0v) is 15.4. The van der Waals surface area contributed by atoms with Crippen LogP contribution in [0.5, 0.6) is 0 Å². The Balaban J connectivity index is 1.99. The molecule has 3 N–H and O–H groups in total. The molecular formula is C20H21N3O2S. The molecule has 0 atom stereocenters. The molecular weight excluding hydrogens is 346 g/mol. The standard InChI is InChI=1S/C20H21N3O2S/c1-3-12-21-19(25)16-10-6-7-11-17(16)22-20(26)23-18(24)13-15-9-5-4-8-14(15)2/h3-11H,1,12-13H2,2H3,(H,21,25)(H2,22,23,24,26). The third-order valence-electron chi connectivity index (χ3n) is 3.69. The number of hydrogen-bond acceptors (Lipinski definition) is 3. The van der Waals surface area contributed by atoms with Crippen LogP contribution in [0.4, 0.5) is 5.69 Å². The Morgan fingerprint density at radius 1 is 1.12 bits per heavy atom. The van der Waals surface area contributed by atoms with E-state index in [4.69, 9.17) is 12.2 Å². The molecule has 26 heavy (non-hydrogen) atoms. The quantitative estimate of drug-likeness (QED) is 0.542. The van der Waals surface area contributed by atoms with E-state index in [0.717, 1.165) is 11.1 Å². The van der Waals surface area contributed by atoms with Crippen LogP contribution >= 0.6 is 12.2 Å². The molecule has 0 radical (unpaired) electrons. The first kappa shape index (κ1) is 19.3. The minimum atomic E-state index is -0.248. The highest BCUT2D eigenvalue weighted by Crippen LogP contribution is 2.15. The number of thiocarbonyl (C=S) groups is 1. The van der Waals surface area contributed by atoms with E-state index in [-0.39, 0.29) is 23.3 Å². The first-order valence-electron chi connectivity index (χ1n) is 8.14. The van der Waals surface area contributed by atoms with Gasteiger partial charge in [0.2, 0.25) is 5.91 Å². The monoisotopic (exact) mass is 367 g/mol. The van der Waals surface area contributed by atoms with Crippen LogP contribution in [0.25, 0.3) is 0 Å². The highest BCUT2D eigenvalue weighted by Gasteiger charge is 2.12. The number of rotatable bonds is 6. The number of carbonyl (C=O) groups excluding carboxylic acids is 2. The summed E-state index contributed by atoms with van der Waals surface area (Å²) in [5, 5.41) is 8.42. The van der Waals surface area contributed by atoms with Crippen molar-refractivity contribution < 1.29 is 9.59 Å². The minimum absolute atomic E-state index is 0.146. The molecule has 2 aromatic carbocycles. The maximum atomic E-state index is 12.2. The number of nitrogens with one attached hydrogen (secondary N) is 3. The molecule has 0 saturated heterocycles. The topological polar surface area (TPSA) is 70.2 Å². The molecule has 5 nitrogen and oxygen atoms in total. The van der Waals surface area contributed by atoms with Crippen molar-refractivity contribution in [3.63, 3.8) is 0 Å². The number of anilines is 1. The van der Waals surface area contributed by atoms with E-state index in [1.165, 1.54) is 0 Å². The third-order valence-corrected chi connectivity index (χ3v) is 3.90. The predicted octanol–water partition coefficient (Wildman–Crippen LogP) is 2.97. The van der Waals surface area contributed by atoms with Crippen LogP contribution in [0.1, 0.15) is 21.5 Å². The van der Waals surface area contributed by atoms with Gasteiger partial charge >= 0.3 is 0 Å². The minimum Gasteiger partial charge on any atom is -0.349 e. The lowest BCUT2D eigenvalue weighted by Gasteiger charge is -2.13. The van der Waals surface area contributed by atoms with Gasteiger partial charge in [0.1, 0.15) is 0 Å². The van der Waals surface area contributed by atoms with Gasteiger partial charge < -0.3 is 16.0 Å². The summed E-state index contributed by atoms with van der Waals surface area (Å²) < 4.78 is 0. The van der Waals surface area contributed by atoms with Crippen molar-refractivity contribution in [3.8, 4) is 0 Å². The average molecular weight is 367 g/mol. The van der Waals surface area contributed by atoms with E-state index >= 15 is 0 Å². The van der Waals surface area contributed by atoms with Crippen molar-refractivity contribution in [1.29, 1.82) is 0 Å². The fourth-order valence-corrected chi connectivity index (χ4v) is 2.58. The zero-order chi connectivity index (χ0) is 18.9. The summed E-state index contributed by atoms with van der Waals surface area (Å²) in [6.45, 7) is 5.89. The van der Waals surface area contributed by atoms with E-state index in [2.05, 4.69) is 22.5 Å². The highest BCUT2D eigenvalue weighted by atomic mass is 32.1. The van der Waals surface area contributed by atoms with Crippen molar-refractivity contribution in [2.45, 2.75) is 13.3 Å². The molecule has 0 aliphatic carbocycles. The summed E-state index contributed by atoms with van der Waals surface area (Å²) in [7, 11) is 0. The SMILES string of the molecule is C=CCNC(=O)c1ccccc1NC(=S)NC(=O)Cc1ccccc1C. The summed E-state index contributed by atoms with van der Waals surface area (Å²) in [5.41, 5.74) is 2.95. The van der Waals surface area contributed by atoms with Gasteiger partial charge in [-0.15, -0.1) is 6.58 Å². The van der Waals surface area contributed by atoms with E-state index < -0.39 is 0 Å². The Bertz CT molecular complexity index is 833. The highest BCUT2D eigenvalue weighted by molar-refractivity contribution is 7.80. The summed E-state index contributed by atoms with van der Waals surface area (Å²) in [6, 6.07) is 14.6.